The highest BCUT2D eigenvalue weighted by Gasteiger charge is 2.31. The zero-order valence-electron chi connectivity index (χ0n) is 16.8. The van der Waals surface area contributed by atoms with Gasteiger partial charge in [0.15, 0.2) is 9.92 Å². The molecule has 2 aliphatic rings. The van der Waals surface area contributed by atoms with Crippen LogP contribution in [0.2, 0.25) is 0 Å². The predicted octanol–water partition coefficient (Wildman–Crippen LogP) is 2.21. The maximum atomic E-state index is 12.9. The van der Waals surface area contributed by atoms with Gasteiger partial charge in [-0.05, 0) is 56.1 Å². The van der Waals surface area contributed by atoms with Crippen molar-refractivity contribution in [3.63, 3.8) is 0 Å². The van der Waals surface area contributed by atoms with E-state index in [9.17, 15) is 19.2 Å². The Morgan fingerprint density at radius 1 is 1.43 bits per heavy atom. The number of anilines is 1. The minimum atomic E-state index is -3.56. The van der Waals surface area contributed by atoms with Gasteiger partial charge in [0, 0.05) is 11.4 Å². The molecule has 0 spiro atoms. The van der Waals surface area contributed by atoms with Gasteiger partial charge in [-0.25, -0.2) is 19.1 Å². The molecule has 11 heteroatoms. The number of nitrogens with zero attached hydrogens (tertiary/aromatic N) is 3. The summed E-state index contributed by atoms with van der Waals surface area (Å²) in [5.41, 5.74) is 3.27. The van der Waals surface area contributed by atoms with E-state index >= 15 is 0 Å². The van der Waals surface area contributed by atoms with E-state index in [2.05, 4.69) is 21.6 Å². The number of hydrogen-bond donors (Lipinski definition) is 4. The molecule has 0 fully saturated rings. The molecule has 4 rings (SSSR count). The number of rotatable bonds is 4. The Hall–Kier alpha value is -1.92. The third-order valence-corrected chi connectivity index (χ3v) is 8.77. The highest BCUT2D eigenvalue weighted by atomic mass is 32.2. The Morgan fingerprint density at radius 2 is 2.20 bits per heavy atom. The van der Waals surface area contributed by atoms with Gasteiger partial charge < -0.3 is 15.5 Å². The second-order valence-corrected chi connectivity index (χ2v) is 11.1. The van der Waals surface area contributed by atoms with Crippen molar-refractivity contribution in [1.29, 1.82) is 0 Å². The van der Waals surface area contributed by atoms with E-state index < -0.39 is 28.2 Å². The number of pyridine rings is 1. The molecule has 1 unspecified atom stereocenters. The summed E-state index contributed by atoms with van der Waals surface area (Å²) in [5.74, 6) is 0.340. The summed E-state index contributed by atoms with van der Waals surface area (Å²) >= 11 is 0.855. The maximum Gasteiger partial charge on any atom is 0.354 e. The number of nitrogens with one attached hydrogen (secondary N) is 1. The van der Waals surface area contributed by atoms with Crippen molar-refractivity contribution in [3.05, 3.63) is 33.7 Å². The van der Waals surface area contributed by atoms with Gasteiger partial charge in [-0.15, -0.1) is 15.7 Å². The van der Waals surface area contributed by atoms with Crippen LogP contribution in [-0.4, -0.2) is 37.0 Å². The monoisotopic (exact) mass is 451 g/mol. The molecule has 2 aliphatic carbocycles. The lowest BCUT2D eigenvalue weighted by Gasteiger charge is -2.16. The minimum absolute atomic E-state index is 0.0557. The minimum Gasteiger partial charge on any atom is -0.393 e. The Bertz CT molecular complexity index is 1130. The van der Waals surface area contributed by atoms with E-state index in [1.807, 2.05) is 0 Å². The molecule has 0 radical (unpaired) electrons. The van der Waals surface area contributed by atoms with Gasteiger partial charge >= 0.3 is 6.03 Å². The fourth-order valence-electron chi connectivity index (χ4n) is 3.96. The molecule has 30 heavy (non-hydrogen) atoms. The SMILES string of the molecule is C[C@@H]1CCc2c1nc1c(c2NC(=O)N=S(N)(=O)c2cnc([C@](C)(O)CO)s2)CCC1. The molecule has 0 saturated carbocycles. The van der Waals surface area contributed by atoms with Crippen LogP contribution < -0.4 is 10.5 Å². The number of aliphatic hydroxyl groups excluding tert-OH is 1. The van der Waals surface area contributed by atoms with Crippen LogP contribution in [-0.2, 0) is 34.8 Å². The van der Waals surface area contributed by atoms with E-state index in [0.717, 1.165) is 71.6 Å². The summed E-state index contributed by atoms with van der Waals surface area (Å²) in [6, 6.07) is -0.784. The maximum absolute atomic E-state index is 12.9. The van der Waals surface area contributed by atoms with Crippen LogP contribution in [0, 0.1) is 0 Å². The highest BCUT2D eigenvalue weighted by Crippen LogP contribution is 2.41. The third kappa shape index (κ3) is 3.76. The summed E-state index contributed by atoms with van der Waals surface area (Å²) in [6.07, 6.45) is 5.74. The number of amides is 2. The molecule has 162 valence electrons. The molecule has 0 aliphatic heterocycles. The molecule has 2 amide bonds. The van der Waals surface area contributed by atoms with Crippen molar-refractivity contribution < 1.29 is 19.2 Å². The molecule has 3 atom stereocenters. The van der Waals surface area contributed by atoms with Crippen molar-refractivity contribution in [2.24, 2.45) is 9.50 Å². The van der Waals surface area contributed by atoms with Gasteiger partial charge in [0.1, 0.15) is 14.8 Å². The number of fused-ring (bicyclic) bond motifs is 2. The second kappa shape index (κ2) is 7.65. The van der Waals surface area contributed by atoms with Gasteiger partial charge in [-0.3, -0.25) is 4.98 Å². The van der Waals surface area contributed by atoms with Crippen molar-refractivity contribution in [3.8, 4) is 0 Å². The number of aryl methyl sites for hydroxylation is 1. The average molecular weight is 452 g/mol. The summed E-state index contributed by atoms with van der Waals surface area (Å²) in [7, 11) is -3.56. The molecule has 2 aromatic heterocycles. The van der Waals surface area contributed by atoms with Gasteiger partial charge in [0.25, 0.3) is 0 Å². The van der Waals surface area contributed by atoms with Crippen LogP contribution in [0.4, 0.5) is 10.5 Å². The molecule has 0 saturated heterocycles. The molecule has 5 N–H and O–H groups in total. The first-order valence-electron chi connectivity index (χ1n) is 9.82. The average Bonchev–Trinajstić information content (AvgIpc) is 3.41. The Morgan fingerprint density at radius 3 is 2.93 bits per heavy atom. The molecular weight excluding hydrogens is 426 g/mol. The Kier molecular flexibility index (Phi) is 5.43. The highest BCUT2D eigenvalue weighted by molar-refractivity contribution is 7.93. The predicted molar refractivity (Wildman–Crippen MR) is 114 cm³/mol. The van der Waals surface area contributed by atoms with Crippen molar-refractivity contribution in [2.75, 3.05) is 11.9 Å². The van der Waals surface area contributed by atoms with Crippen LogP contribution in [0.15, 0.2) is 14.8 Å². The normalized spacial score (nSPS) is 21.4. The van der Waals surface area contributed by atoms with Crippen molar-refractivity contribution in [1.82, 2.24) is 9.97 Å². The van der Waals surface area contributed by atoms with Crippen LogP contribution >= 0.6 is 11.3 Å². The van der Waals surface area contributed by atoms with E-state index in [1.54, 1.807) is 0 Å². The fraction of sp³-hybridized carbons (Fsp3) is 0.526. The Balaban J connectivity index is 1.65. The zero-order valence-corrected chi connectivity index (χ0v) is 18.5. The molecular formula is C19H25N5O4S2. The number of nitrogens with two attached hydrogens (primary N) is 1. The number of carbonyl (C=O) groups is 1. The van der Waals surface area contributed by atoms with Gasteiger partial charge in [0.2, 0.25) is 0 Å². The summed E-state index contributed by atoms with van der Waals surface area (Å²) in [5, 5.41) is 28.2. The number of carbonyl (C=O) groups excluding carboxylic acids is 1. The van der Waals surface area contributed by atoms with Gasteiger partial charge in [-0.1, -0.05) is 6.92 Å². The van der Waals surface area contributed by atoms with E-state index in [4.69, 9.17) is 10.1 Å². The second-order valence-electron chi connectivity index (χ2n) is 8.08. The van der Waals surface area contributed by atoms with E-state index in [1.165, 1.54) is 13.1 Å². The standard InChI is InChI=1S/C19H25N5O4S2/c1-10-6-7-12-15(10)22-13-5-3-4-11(13)16(12)23-18(26)24-30(20,28)14-8-21-17(29-14)19(2,27)9-25/h8,10,25,27H,3-7,9H2,1-2H3,(H3,20,22,23,24,26,28)/t10-,19-,30?/m1/s1. The first kappa shape index (κ1) is 21.3. The quantitative estimate of drug-likeness (QED) is 0.559. The van der Waals surface area contributed by atoms with Crippen molar-refractivity contribution >= 4 is 33.0 Å². The van der Waals surface area contributed by atoms with Crippen LogP contribution in [0.5, 0.6) is 0 Å². The lowest BCUT2D eigenvalue weighted by Crippen LogP contribution is -2.25. The Labute approximate surface area is 179 Å². The van der Waals surface area contributed by atoms with Gasteiger partial charge in [0.05, 0.1) is 18.5 Å². The molecule has 2 heterocycles. The lowest BCUT2D eigenvalue weighted by molar-refractivity contribution is -0.00244. The summed E-state index contributed by atoms with van der Waals surface area (Å²) < 4.78 is 16.7. The lowest BCUT2D eigenvalue weighted by atomic mass is 10.0. The number of urea groups is 1. The number of aliphatic hydroxyl groups is 2. The zero-order chi connectivity index (χ0) is 21.7. The summed E-state index contributed by atoms with van der Waals surface area (Å²) in [4.78, 5) is 21.5. The number of hydrogen-bond acceptors (Lipinski definition) is 7. The topological polar surface area (TPSA) is 151 Å². The largest absolute Gasteiger partial charge is 0.393 e. The first-order chi connectivity index (χ1) is 14.1. The number of thiazole rings is 1. The molecule has 2 aromatic rings. The smallest absolute Gasteiger partial charge is 0.354 e. The molecule has 0 aromatic carbocycles. The van der Waals surface area contributed by atoms with Crippen LogP contribution in [0.3, 0.4) is 0 Å². The number of aromatic nitrogens is 2. The van der Waals surface area contributed by atoms with E-state index in [0.29, 0.717) is 5.92 Å². The first-order valence-corrected chi connectivity index (χ1v) is 12.2. The van der Waals surface area contributed by atoms with Crippen molar-refractivity contribution in [2.45, 2.75) is 61.7 Å². The van der Waals surface area contributed by atoms with Crippen LogP contribution in [0.25, 0.3) is 0 Å². The summed E-state index contributed by atoms with van der Waals surface area (Å²) in [6.45, 7) is 2.95. The van der Waals surface area contributed by atoms with Crippen LogP contribution in [0.1, 0.15) is 60.1 Å². The molecule has 0 bridgehead atoms. The fourth-order valence-corrected chi connectivity index (χ4v) is 6.06. The molecule has 9 nitrogen and oxygen atoms in total. The van der Waals surface area contributed by atoms with Gasteiger partial charge in [-0.2, -0.15) is 0 Å². The van der Waals surface area contributed by atoms with E-state index in [-0.39, 0.29) is 9.22 Å². The third-order valence-electron chi connectivity index (χ3n) is 5.64.